The van der Waals surface area contributed by atoms with Gasteiger partial charge in [0.15, 0.2) is 9.84 Å². The zero-order valence-electron chi connectivity index (χ0n) is 16.6. The van der Waals surface area contributed by atoms with Crippen molar-refractivity contribution in [3.8, 4) is 0 Å². The number of benzene rings is 3. The lowest BCUT2D eigenvalue weighted by atomic mass is 10.1. The van der Waals surface area contributed by atoms with Crippen molar-refractivity contribution in [1.29, 1.82) is 0 Å². The largest absolute Gasteiger partial charge is 0.322 e. The van der Waals surface area contributed by atoms with Gasteiger partial charge in [-0.25, -0.2) is 8.42 Å². The average Bonchev–Trinajstić information content (AvgIpc) is 2.71. The molecule has 2 amide bonds. The molecule has 2 N–H and O–H groups in total. The first kappa shape index (κ1) is 22.8. The van der Waals surface area contributed by atoms with Crippen molar-refractivity contribution in [2.45, 2.75) is 11.8 Å². The van der Waals surface area contributed by atoms with Crippen LogP contribution in [0.5, 0.6) is 0 Å². The second-order valence-corrected chi connectivity index (χ2v) is 9.72. The van der Waals surface area contributed by atoms with Crippen LogP contribution in [-0.4, -0.2) is 26.5 Å². The van der Waals surface area contributed by atoms with Crippen molar-refractivity contribution in [3.63, 3.8) is 0 Å². The van der Waals surface area contributed by atoms with Crippen LogP contribution in [0.2, 0.25) is 10.0 Å². The molecule has 0 saturated carbocycles. The van der Waals surface area contributed by atoms with Crippen LogP contribution in [0.1, 0.15) is 26.3 Å². The molecule has 6 nitrogen and oxygen atoms in total. The van der Waals surface area contributed by atoms with Crippen molar-refractivity contribution in [2.24, 2.45) is 0 Å². The van der Waals surface area contributed by atoms with E-state index in [9.17, 15) is 18.0 Å². The Kier molecular flexibility index (Phi) is 6.69. The molecule has 9 heteroatoms. The van der Waals surface area contributed by atoms with E-state index in [4.69, 9.17) is 23.2 Å². The predicted octanol–water partition coefficient (Wildman–Crippen LogP) is 5.21. The molecule has 0 saturated heterocycles. The minimum absolute atomic E-state index is 0.0645. The molecule has 0 heterocycles. The maximum Gasteiger partial charge on any atom is 0.257 e. The van der Waals surface area contributed by atoms with Crippen LogP contribution in [0.3, 0.4) is 0 Å². The highest BCUT2D eigenvalue weighted by Crippen LogP contribution is 2.24. The fraction of sp³-hybridized carbons (Fsp3) is 0.0909. The van der Waals surface area contributed by atoms with E-state index in [0.29, 0.717) is 22.0 Å². The summed E-state index contributed by atoms with van der Waals surface area (Å²) in [6.07, 6.45) is 1.08. The Hall–Kier alpha value is -2.87. The van der Waals surface area contributed by atoms with Gasteiger partial charge < -0.3 is 10.6 Å². The standard InChI is InChI=1S/C22H18Cl2N2O4S/c1-13-10-16(25-22(28)18-12-15(23)6-8-19(18)24)7-9-20(13)26-21(27)14-4-3-5-17(11-14)31(2,29)30/h3-12H,1-2H3,(H,25,28)(H,26,27). The Morgan fingerprint density at radius 2 is 1.61 bits per heavy atom. The molecule has 3 rings (SSSR count). The van der Waals surface area contributed by atoms with E-state index in [1.54, 1.807) is 37.3 Å². The molecule has 160 valence electrons. The molecule has 0 aliphatic heterocycles. The fourth-order valence-corrected chi connectivity index (χ4v) is 3.86. The third kappa shape index (κ3) is 5.64. The van der Waals surface area contributed by atoms with E-state index in [0.717, 1.165) is 6.26 Å². The lowest BCUT2D eigenvalue weighted by molar-refractivity contribution is 0.101. The highest BCUT2D eigenvalue weighted by atomic mass is 35.5. The van der Waals surface area contributed by atoms with Crippen LogP contribution in [0.15, 0.2) is 65.6 Å². The summed E-state index contributed by atoms with van der Waals surface area (Å²) in [6, 6.07) is 15.4. The van der Waals surface area contributed by atoms with Gasteiger partial charge in [0.05, 0.1) is 15.5 Å². The first-order valence-electron chi connectivity index (χ1n) is 9.03. The number of anilines is 2. The second kappa shape index (κ2) is 9.09. The summed E-state index contributed by atoms with van der Waals surface area (Å²) in [5.74, 6) is -0.864. The Morgan fingerprint density at radius 3 is 2.29 bits per heavy atom. The summed E-state index contributed by atoms with van der Waals surface area (Å²) in [7, 11) is -3.42. The first-order chi connectivity index (χ1) is 14.5. The van der Waals surface area contributed by atoms with Gasteiger partial charge >= 0.3 is 0 Å². The summed E-state index contributed by atoms with van der Waals surface area (Å²) in [4.78, 5) is 25.1. The van der Waals surface area contributed by atoms with Crippen molar-refractivity contribution in [3.05, 3.63) is 87.4 Å². The van der Waals surface area contributed by atoms with Gasteiger partial charge in [-0.3, -0.25) is 9.59 Å². The number of carbonyl (C=O) groups is 2. The molecular weight excluding hydrogens is 459 g/mol. The zero-order chi connectivity index (χ0) is 22.8. The highest BCUT2D eigenvalue weighted by Gasteiger charge is 2.14. The first-order valence-corrected chi connectivity index (χ1v) is 11.7. The number of halogens is 2. The minimum Gasteiger partial charge on any atom is -0.322 e. The lowest BCUT2D eigenvalue weighted by Crippen LogP contribution is -2.15. The van der Waals surface area contributed by atoms with Crippen LogP contribution in [0.4, 0.5) is 11.4 Å². The van der Waals surface area contributed by atoms with Crippen LogP contribution < -0.4 is 10.6 Å². The van der Waals surface area contributed by atoms with Gasteiger partial charge in [0.25, 0.3) is 11.8 Å². The Morgan fingerprint density at radius 1 is 0.871 bits per heavy atom. The molecule has 0 aromatic heterocycles. The van der Waals surface area contributed by atoms with Gasteiger partial charge in [0.2, 0.25) is 0 Å². The molecule has 0 aliphatic carbocycles. The molecule has 3 aromatic carbocycles. The zero-order valence-corrected chi connectivity index (χ0v) is 18.9. The highest BCUT2D eigenvalue weighted by molar-refractivity contribution is 7.90. The van der Waals surface area contributed by atoms with Gasteiger partial charge in [0, 0.05) is 28.2 Å². The number of rotatable bonds is 5. The van der Waals surface area contributed by atoms with Crippen LogP contribution in [-0.2, 0) is 9.84 Å². The van der Waals surface area contributed by atoms with E-state index in [1.165, 1.54) is 30.3 Å². The number of carbonyl (C=O) groups excluding carboxylic acids is 2. The smallest absolute Gasteiger partial charge is 0.257 e. The summed E-state index contributed by atoms with van der Waals surface area (Å²) in [6.45, 7) is 1.77. The maximum absolute atomic E-state index is 12.6. The third-order valence-corrected chi connectivity index (χ3v) is 6.10. The summed E-state index contributed by atoms with van der Waals surface area (Å²) < 4.78 is 23.4. The maximum atomic E-state index is 12.6. The number of hydrogen-bond donors (Lipinski definition) is 2. The number of sulfone groups is 1. The second-order valence-electron chi connectivity index (χ2n) is 6.86. The number of nitrogens with one attached hydrogen (secondary N) is 2. The molecule has 3 aromatic rings. The van der Waals surface area contributed by atoms with E-state index >= 15 is 0 Å². The van der Waals surface area contributed by atoms with Crippen molar-refractivity contribution >= 4 is 56.2 Å². The Balaban J connectivity index is 1.76. The minimum atomic E-state index is -3.42. The predicted molar refractivity (Wildman–Crippen MR) is 123 cm³/mol. The number of aryl methyl sites for hydroxylation is 1. The van der Waals surface area contributed by atoms with Crippen LogP contribution in [0, 0.1) is 6.92 Å². The van der Waals surface area contributed by atoms with Gasteiger partial charge in [-0.2, -0.15) is 0 Å². The summed E-state index contributed by atoms with van der Waals surface area (Å²) in [5, 5.41) is 6.16. The van der Waals surface area contributed by atoms with Gasteiger partial charge in [-0.05, 0) is 67.1 Å². The van der Waals surface area contributed by atoms with Crippen molar-refractivity contribution in [1.82, 2.24) is 0 Å². The monoisotopic (exact) mass is 476 g/mol. The summed E-state index contributed by atoms with van der Waals surface area (Å²) in [5.41, 5.74) is 2.19. The van der Waals surface area contributed by atoms with E-state index in [1.807, 2.05) is 0 Å². The van der Waals surface area contributed by atoms with Gasteiger partial charge in [-0.1, -0.05) is 29.3 Å². The Labute approximate surface area is 190 Å². The molecule has 0 spiro atoms. The average molecular weight is 477 g/mol. The molecule has 31 heavy (non-hydrogen) atoms. The quantitative estimate of drug-likeness (QED) is 0.528. The molecule has 0 radical (unpaired) electrons. The van der Waals surface area contributed by atoms with E-state index in [-0.39, 0.29) is 21.0 Å². The van der Waals surface area contributed by atoms with Gasteiger partial charge in [-0.15, -0.1) is 0 Å². The van der Waals surface area contributed by atoms with Gasteiger partial charge in [0.1, 0.15) is 0 Å². The molecule has 0 fully saturated rings. The normalized spacial score (nSPS) is 11.1. The SMILES string of the molecule is Cc1cc(NC(=O)c2cc(Cl)ccc2Cl)ccc1NC(=O)c1cccc(S(C)(=O)=O)c1. The number of hydrogen-bond acceptors (Lipinski definition) is 4. The van der Waals surface area contributed by atoms with Crippen molar-refractivity contribution in [2.75, 3.05) is 16.9 Å². The number of amides is 2. The third-order valence-electron chi connectivity index (χ3n) is 4.43. The van der Waals surface area contributed by atoms with Crippen LogP contribution in [0.25, 0.3) is 0 Å². The summed E-state index contributed by atoms with van der Waals surface area (Å²) >= 11 is 12.0. The Bertz CT molecular complexity index is 1290. The lowest BCUT2D eigenvalue weighted by Gasteiger charge is -2.12. The molecule has 0 unspecified atom stereocenters. The molecular formula is C22H18Cl2N2O4S. The fourth-order valence-electron chi connectivity index (χ4n) is 2.81. The topological polar surface area (TPSA) is 92.3 Å². The molecule has 0 bridgehead atoms. The van der Waals surface area contributed by atoms with E-state index in [2.05, 4.69) is 10.6 Å². The van der Waals surface area contributed by atoms with Crippen LogP contribution >= 0.6 is 23.2 Å². The molecule has 0 aliphatic rings. The molecule has 0 atom stereocenters. The van der Waals surface area contributed by atoms with Crippen molar-refractivity contribution < 1.29 is 18.0 Å². The van der Waals surface area contributed by atoms with E-state index < -0.39 is 21.7 Å².